The molecule has 1 unspecified atom stereocenters. The molecule has 0 radical (unpaired) electrons. The Morgan fingerprint density at radius 3 is 2.77 bits per heavy atom. The van der Waals surface area contributed by atoms with Gasteiger partial charge in [0.2, 0.25) is 0 Å². The minimum absolute atomic E-state index is 0.0843. The molecule has 22 heavy (non-hydrogen) atoms. The van der Waals surface area contributed by atoms with Crippen LogP contribution in [0.4, 0.5) is 5.82 Å². The van der Waals surface area contributed by atoms with Gasteiger partial charge in [0, 0.05) is 0 Å². The summed E-state index contributed by atoms with van der Waals surface area (Å²) in [5, 5.41) is 29.1. The highest BCUT2D eigenvalue weighted by atomic mass is 16.6. The monoisotopic (exact) mass is 311 g/mol. The molecule has 0 aromatic carbocycles. The highest BCUT2D eigenvalue weighted by Crippen LogP contribution is 2.32. The summed E-state index contributed by atoms with van der Waals surface area (Å²) in [4.78, 5) is 12.3. The second-order valence-corrected chi connectivity index (χ2v) is 4.88. The number of ether oxygens (including phenoxy) is 2. The minimum atomic E-state index is -1.23. The maximum absolute atomic E-state index is 10.1. The van der Waals surface area contributed by atoms with Crippen molar-refractivity contribution in [2.24, 2.45) is 0 Å². The van der Waals surface area contributed by atoms with E-state index in [4.69, 9.17) is 20.3 Å². The topological polar surface area (TPSA) is 149 Å². The molecule has 10 heteroatoms. The van der Waals surface area contributed by atoms with Gasteiger partial charge in [-0.3, -0.25) is 4.57 Å². The van der Waals surface area contributed by atoms with Crippen molar-refractivity contribution in [3.63, 3.8) is 0 Å². The number of hydrogen-bond acceptors (Lipinski definition) is 9. The van der Waals surface area contributed by atoms with E-state index in [2.05, 4.69) is 15.0 Å². The molecule has 5 N–H and O–H groups in total. The smallest absolute Gasteiger partial charge is 0.320 e. The van der Waals surface area contributed by atoms with Gasteiger partial charge in [0.1, 0.15) is 18.3 Å². The number of hydrogen-bond donors (Lipinski definition) is 4. The lowest BCUT2D eigenvalue weighted by Crippen LogP contribution is -2.33. The van der Waals surface area contributed by atoms with E-state index in [-0.39, 0.29) is 11.8 Å². The number of imidazole rings is 1. The molecule has 1 fully saturated rings. The van der Waals surface area contributed by atoms with Crippen molar-refractivity contribution in [2.45, 2.75) is 31.5 Å². The number of fused-ring (bicyclic) bond motifs is 1. The molecule has 10 nitrogen and oxygen atoms in total. The van der Waals surface area contributed by atoms with Gasteiger partial charge >= 0.3 is 6.01 Å². The lowest BCUT2D eigenvalue weighted by Gasteiger charge is -2.16. The van der Waals surface area contributed by atoms with Gasteiger partial charge in [-0.1, -0.05) is 0 Å². The van der Waals surface area contributed by atoms with Crippen LogP contribution >= 0.6 is 0 Å². The van der Waals surface area contributed by atoms with Crippen molar-refractivity contribution >= 4 is 17.0 Å². The highest BCUT2D eigenvalue weighted by Gasteiger charge is 2.44. The summed E-state index contributed by atoms with van der Waals surface area (Å²) < 4.78 is 12.1. The fraction of sp³-hybridized carbons (Fsp3) is 0.583. The van der Waals surface area contributed by atoms with Crippen molar-refractivity contribution in [3.8, 4) is 6.01 Å². The van der Waals surface area contributed by atoms with Crippen molar-refractivity contribution in [1.82, 2.24) is 19.5 Å². The van der Waals surface area contributed by atoms with E-state index in [1.165, 1.54) is 10.9 Å². The fourth-order valence-electron chi connectivity index (χ4n) is 2.41. The van der Waals surface area contributed by atoms with Crippen LogP contribution in [-0.2, 0) is 4.74 Å². The molecule has 0 amide bonds. The zero-order chi connectivity index (χ0) is 15.9. The Morgan fingerprint density at radius 2 is 2.14 bits per heavy atom. The summed E-state index contributed by atoms with van der Waals surface area (Å²) >= 11 is 0. The van der Waals surface area contributed by atoms with Crippen LogP contribution in [0.2, 0.25) is 0 Å². The van der Waals surface area contributed by atoms with Gasteiger partial charge in [-0.05, 0) is 6.92 Å². The van der Waals surface area contributed by atoms with E-state index in [1.807, 2.05) is 0 Å². The Balaban J connectivity index is 2.04. The number of rotatable bonds is 4. The minimum Gasteiger partial charge on any atom is -0.464 e. The Hall–Kier alpha value is -2.01. The van der Waals surface area contributed by atoms with E-state index < -0.39 is 31.1 Å². The summed E-state index contributed by atoms with van der Waals surface area (Å²) in [5.41, 5.74) is 6.46. The summed E-state index contributed by atoms with van der Waals surface area (Å²) in [6.07, 6.45) is -2.89. The largest absolute Gasteiger partial charge is 0.464 e. The SMILES string of the molecule is CCOc1nc(N)c2ncn(C3O[C@@H](CO)[C@H](O)[C@@H]3O)c2n1. The van der Waals surface area contributed by atoms with Crippen LogP contribution in [0, 0.1) is 0 Å². The molecule has 1 aliphatic heterocycles. The van der Waals surface area contributed by atoms with Gasteiger partial charge in [0.15, 0.2) is 23.2 Å². The zero-order valence-corrected chi connectivity index (χ0v) is 11.8. The predicted molar refractivity (Wildman–Crippen MR) is 73.9 cm³/mol. The van der Waals surface area contributed by atoms with E-state index in [0.717, 1.165) is 0 Å². The second kappa shape index (κ2) is 5.65. The van der Waals surface area contributed by atoms with Crippen LogP contribution in [0.5, 0.6) is 6.01 Å². The standard InChI is InChI=1S/C12H17N5O5/c1-2-21-12-15-9(13)6-10(16-12)17(4-14-6)11-8(20)7(19)5(3-18)22-11/h4-5,7-8,11,18-20H,2-3H2,1H3,(H2,13,15,16)/t5-,7-,8-,11?/m0/s1. The van der Waals surface area contributed by atoms with Crippen molar-refractivity contribution < 1.29 is 24.8 Å². The first kappa shape index (κ1) is 14.9. The number of nitrogen functional groups attached to an aromatic ring is 1. The first-order chi connectivity index (χ1) is 10.6. The van der Waals surface area contributed by atoms with Gasteiger partial charge in [-0.15, -0.1) is 0 Å². The summed E-state index contributed by atoms with van der Waals surface area (Å²) in [7, 11) is 0. The van der Waals surface area contributed by atoms with Gasteiger partial charge in [0.05, 0.1) is 19.5 Å². The Labute approximate surface area is 125 Å². The lowest BCUT2D eigenvalue weighted by atomic mass is 10.1. The molecule has 4 atom stereocenters. The van der Waals surface area contributed by atoms with E-state index >= 15 is 0 Å². The molecular formula is C12H17N5O5. The number of nitrogens with two attached hydrogens (primary N) is 1. The van der Waals surface area contributed by atoms with Gasteiger partial charge in [-0.2, -0.15) is 9.97 Å². The van der Waals surface area contributed by atoms with Crippen LogP contribution in [0.1, 0.15) is 13.2 Å². The van der Waals surface area contributed by atoms with Gasteiger partial charge in [-0.25, -0.2) is 4.98 Å². The van der Waals surface area contributed by atoms with E-state index in [0.29, 0.717) is 17.8 Å². The molecule has 2 aromatic rings. The van der Waals surface area contributed by atoms with E-state index in [9.17, 15) is 10.2 Å². The van der Waals surface area contributed by atoms with Crippen molar-refractivity contribution in [1.29, 1.82) is 0 Å². The maximum Gasteiger partial charge on any atom is 0.320 e. The third-order valence-corrected chi connectivity index (χ3v) is 3.49. The fourth-order valence-corrected chi connectivity index (χ4v) is 2.41. The summed E-state index contributed by atoms with van der Waals surface area (Å²) in [5.74, 6) is 0.138. The number of aliphatic hydroxyl groups is 3. The van der Waals surface area contributed by atoms with Crippen LogP contribution in [0.25, 0.3) is 11.2 Å². The molecule has 3 rings (SSSR count). The number of aliphatic hydroxyl groups excluding tert-OH is 3. The second-order valence-electron chi connectivity index (χ2n) is 4.88. The molecule has 3 heterocycles. The van der Waals surface area contributed by atoms with Crippen LogP contribution in [0.3, 0.4) is 0 Å². The highest BCUT2D eigenvalue weighted by molar-refractivity contribution is 5.82. The average Bonchev–Trinajstić information content (AvgIpc) is 3.03. The molecule has 0 spiro atoms. The summed E-state index contributed by atoms with van der Waals surface area (Å²) in [6, 6.07) is 0.0843. The first-order valence-electron chi connectivity index (χ1n) is 6.82. The van der Waals surface area contributed by atoms with Gasteiger partial charge < -0.3 is 30.5 Å². The van der Waals surface area contributed by atoms with E-state index in [1.54, 1.807) is 6.92 Å². The van der Waals surface area contributed by atoms with Crippen LogP contribution < -0.4 is 10.5 Å². The normalized spacial score (nSPS) is 28.4. The van der Waals surface area contributed by atoms with Crippen LogP contribution in [0.15, 0.2) is 6.33 Å². The molecule has 0 saturated carbocycles. The van der Waals surface area contributed by atoms with Crippen LogP contribution in [-0.4, -0.2) is 66.4 Å². The number of nitrogens with zero attached hydrogens (tertiary/aromatic N) is 4. The van der Waals surface area contributed by atoms with Crippen molar-refractivity contribution in [2.75, 3.05) is 18.9 Å². The molecular weight excluding hydrogens is 294 g/mol. The third-order valence-electron chi connectivity index (χ3n) is 3.49. The Morgan fingerprint density at radius 1 is 1.36 bits per heavy atom. The zero-order valence-electron chi connectivity index (χ0n) is 11.8. The summed E-state index contributed by atoms with van der Waals surface area (Å²) in [6.45, 7) is 1.74. The lowest BCUT2D eigenvalue weighted by molar-refractivity contribution is -0.0511. The molecule has 0 bridgehead atoms. The quantitative estimate of drug-likeness (QED) is 0.524. The number of anilines is 1. The third kappa shape index (κ3) is 2.25. The molecule has 0 aliphatic carbocycles. The predicted octanol–water partition coefficient (Wildman–Crippen LogP) is -1.58. The number of aromatic nitrogens is 4. The Bertz CT molecular complexity index is 677. The first-order valence-corrected chi connectivity index (χ1v) is 6.82. The molecule has 1 aliphatic rings. The van der Waals surface area contributed by atoms with Gasteiger partial charge in [0.25, 0.3) is 0 Å². The molecule has 120 valence electrons. The molecule has 1 saturated heterocycles. The average molecular weight is 311 g/mol. The van der Waals surface area contributed by atoms with Crippen molar-refractivity contribution in [3.05, 3.63) is 6.33 Å². The maximum atomic E-state index is 10.1. The Kier molecular flexibility index (Phi) is 3.83. The molecule has 2 aromatic heterocycles.